The zero-order chi connectivity index (χ0) is 16.3. The van der Waals surface area contributed by atoms with Gasteiger partial charge in [0, 0.05) is 37.1 Å². The Morgan fingerprint density at radius 2 is 2.09 bits per heavy atom. The molecule has 4 heteroatoms. The van der Waals surface area contributed by atoms with Gasteiger partial charge in [-0.15, -0.1) is 6.58 Å². The Balaban J connectivity index is 1.63. The Labute approximate surface area is 139 Å². The minimum atomic E-state index is 0.128. The summed E-state index contributed by atoms with van der Waals surface area (Å²) in [5.74, 6) is 0.128. The highest BCUT2D eigenvalue weighted by molar-refractivity contribution is 5.94. The van der Waals surface area contributed by atoms with Gasteiger partial charge in [-0.05, 0) is 50.8 Å². The minimum Gasteiger partial charge on any atom is -0.338 e. The van der Waals surface area contributed by atoms with Crippen LogP contribution in [0.1, 0.15) is 48.7 Å². The molecule has 23 heavy (non-hydrogen) atoms. The first-order valence-electron chi connectivity index (χ1n) is 8.79. The normalized spacial score (nSPS) is 20.8. The second kappa shape index (κ2) is 6.83. The fourth-order valence-electron chi connectivity index (χ4n) is 4.07. The molecule has 0 radical (unpaired) electrons. The number of piperidine rings is 1. The fourth-order valence-corrected chi connectivity index (χ4v) is 4.07. The summed E-state index contributed by atoms with van der Waals surface area (Å²) in [6.45, 7) is 9.80. The van der Waals surface area contributed by atoms with Crippen LogP contribution in [0.2, 0.25) is 0 Å². The van der Waals surface area contributed by atoms with Crippen LogP contribution in [-0.2, 0) is 6.42 Å². The van der Waals surface area contributed by atoms with E-state index in [0.717, 1.165) is 44.6 Å². The highest BCUT2D eigenvalue weighted by atomic mass is 16.2. The van der Waals surface area contributed by atoms with Crippen molar-refractivity contribution in [3.05, 3.63) is 42.2 Å². The Kier molecular flexibility index (Phi) is 4.81. The minimum absolute atomic E-state index is 0.128. The third kappa shape index (κ3) is 3.18. The number of aromatic nitrogens is 1. The van der Waals surface area contributed by atoms with Gasteiger partial charge in [0.1, 0.15) is 0 Å². The smallest absolute Gasteiger partial charge is 0.255 e. The average molecular weight is 313 g/mol. The van der Waals surface area contributed by atoms with Gasteiger partial charge in [0.2, 0.25) is 0 Å². The van der Waals surface area contributed by atoms with E-state index in [2.05, 4.69) is 23.4 Å². The van der Waals surface area contributed by atoms with E-state index >= 15 is 0 Å². The maximum atomic E-state index is 12.7. The number of carbonyl (C=O) groups is 1. The Morgan fingerprint density at radius 1 is 1.30 bits per heavy atom. The van der Waals surface area contributed by atoms with Crippen molar-refractivity contribution in [1.82, 2.24) is 14.8 Å². The van der Waals surface area contributed by atoms with Gasteiger partial charge in [0.15, 0.2) is 0 Å². The fraction of sp³-hybridized carbons (Fsp3) is 0.579. The van der Waals surface area contributed by atoms with Crippen molar-refractivity contribution in [2.75, 3.05) is 26.2 Å². The van der Waals surface area contributed by atoms with Crippen LogP contribution in [0.5, 0.6) is 0 Å². The van der Waals surface area contributed by atoms with Crippen LogP contribution < -0.4 is 0 Å². The molecule has 1 aromatic heterocycles. The molecule has 2 saturated heterocycles. The number of amides is 1. The molecule has 0 aromatic carbocycles. The van der Waals surface area contributed by atoms with E-state index < -0.39 is 0 Å². The van der Waals surface area contributed by atoms with Crippen molar-refractivity contribution < 1.29 is 4.79 Å². The predicted molar refractivity (Wildman–Crippen MR) is 92.5 cm³/mol. The quantitative estimate of drug-likeness (QED) is 0.802. The zero-order valence-corrected chi connectivity index (χ0v) is 14.1. The number of likely N-dealkylation sites (tertiary alicyclic amines) is 2. The van der Waals surface area contributed by atoms with E-state index in [4.69, 9.17) is 0 Å². The monoisotopic (exact) mass is 313 g/mol. The molecule has 4 nitrogen and oxygen atoms in total. The molecule has 1 amide bonds. The van der Waals surface area contributed by atoms with Crippen LogP contribution in [0.3, 0.4) is 0 Å². The van der Waals surface area contributed by atoms with Gasteiger partial charge < -0.3 is 4.90 Å². The lowest BCUT2D eigenvalue weighted by Gasteiger charge is -2.44. The van der Waals surface area contributed by atoms with E-state index in [1.807, 2.05) is 23.1 Å². The van der Waals surface area contributed by atoms with Crippen LogP contribution >= 0.6 is 0 Å². The van der Waals surface area contributed by atoms with Gasteiger partial charge in [0.05, 0.1) is 5.56 Å². The Hall–Kier alpha value is -1.68. The second-order valence-corrected chi connectivity index (χ2v) is 6.75. The lowest BCUT2D eigenvalue weighted by atomic mass is 9.84. The number of nitrogens with zero attached hydrogens (tertiary/aromatic N) is 3. The molecule has 0 atom stereocenters. The third-order valence-electron chi connectivity index (χ3n) is 5.51. The molecule has 1 aromatic rings. The molecular formula is C19H27N3O. The summed E-state index contributed by atoms with van der Waals surface area (Å²) < 4.78 is 0. The highest BCUT2D eigenvalue weighted by Crippen LogP contribution is 2.38. The summed E-state index contributed by atoms with van der Waals surface area (Å²) in [5, 5.41) is 0. The predicted octanol–water partition coefficient (Wildman–Crippen LogP) is 2.90. The first-order chi connectivity index (χ1) is 11.2. The molecule has 0 bridgehead atoms. The number of hydrogen-bond donors (Lipinski definition) is 0. The zero-order valence-electron chi connectivity index (χ0n) is 14.1. The average Bonchev–Trinajstić information content (AvgIpc) is 2.98. The maximum Gasteiger partial charge on any atom is 0.255 e. The first-order valence-corrected chi connectivity index (χ1v) is 8.79. The molecule has 0 N–H and O–H groups in total. The van der Waals surface area contributed by atoms with Gasteiger partial charge in [-0.2, -0.15) is 0 Å². The number of aryl methyl sites for hydroxylation is 1. The summed E-state index contributed by atoms with van der Waals surface area (Å²) in [7, 11) is 0. The molecule has 2 fully saturated rings. The van der Waals surface area contributed by atoms with E-state index in [1.54, 1.807) is 6.20 Å². The van der Waals surface area contributed by atoms with Gasteiger partial charge in [-0.1, -0.05) is 13.0 Å². The van der Waals surface area contributed by atoms with E-state index in [1.165, 1.54) is 19.4 Å². The van der Waals surface area contributed by atoms with Crippen molar-refractivity contribution in [1.29, 1.82) is 0 Å². The summed E-state index contributed by atoms with van der Waals surface area (Å²) >= 11 is 0. The summed E-state index contributed by atoms with van der Waals surface area (Å²) in [5.41, 5.74) is 2.05. The number of carbonyl (C=O) groups excluding carboxylic acids is 1. The second-order valence-electron chi connectivity index (χ2n) is 6.75. The van der Waals surface area contributed by atoms with Crippen LogP contribution in [0.25, 0.3) is 0 Å². The molecule has 2 aliphatic heterocycles. The summed E-state index contributed by atoms with van der Waals surface area (Å²) in [6, 6.07) is 3.87. The largest absolute Gasteiger partial charge is 0.338 e. The van der Waals surface area contributed by atoms with Crippen molar-refractivity contribution in [2.45, 2.75) is 44.6 Å². The van der Waals surface area contributed by atoms with Gasteiger partial charge in [-0.3, -0.25) is 14.7 Å². The van der Waals surface area contributed by atoms with Crippen LogP contribution in [0.4, 0.5) is 0 Å². The number of rotatable bonds is 4. The SMILES string of the molecule is C=CCN1CCCC12CCN(C(=O)c1ccc(CC)nc1)CC2. The Bertz CT molecular complexity index is 558. The summed E-state index contributed by atoms with van der Waals surface area (Å²) in [4.78, 5) is 21.6. The van der Waals surface area contributed by atoms with E-state index in [0.29, 0.717) is 11.1 Å². The third-order valence-corrected chi connectivity index (χ3v) is 5.51. The highest BCUT2D eigenvalue weighted by Gasteiger charge is 2.43. The Morgan fingerprint density at radius 3 is 2.70 bits per heavy atom. The summed E-state index contributed by atoms with van der Waals surface area (Å²) in [6.07, 6.45) is 9.32. The standard InChI is InChI=1S/C19H27N3O/c1-3-11-22-12-5-8-19(22)9-13-21(14-10-19)18(23)16-6-7-17(4-2)20-15-16/h3,6-7,15H,1,4-5,8-14H2,2H3. The first kappa shape index (κ1) is 16.2. The van der Waals surface area contributed by atoms with Gasteiger partial charge in [-0.25, -0.2) is 0 Å². The molecule has 3 heterocycles. The molecule has 1 spiro atoms. The number of hydrogen-bond acceptors (Lipinski definition) is 3. The molecule has 2 aliphatic rings. The van der Waals surface area contributed by atoms with Crippen LogP contribution in [0.15, 0.2) is 31.0 Å². The molecule has 0 aliphatic carbocycles. The molecule has 0 unspecified atom stereocenters. The molecule has 3 rings (SSSR count). The van der Waals surface area contributed by atoms with Crippen molar-refractivity contribution >= 4 is 5.91 Å². The van der Waals surface area contributed by atoms with Crippen LogP contribution in [0, 0.1) is 0 Å². The van der Waals surface area contributed by atoms with Gasteiger partial charge in [0.25, 0.3) is 5.91 Å². The molecular weight excluding hydrogens is 286 g/mol. The lowest BCUT2D eigenvalue weighted by Crippen LogP contribution is -2.53. The van der Waals surface area contributed by atoms with Crippen molar-refractivity contribution in [3.8, 4) is 0 Å². The topological polar surface area (TPSA) is 36.4 Å². The van der Waals surface area contributed by atoms with Crippen molar-refractivity contribution in [2.24, 2.45) is 0 Å². The molecule has 0 saturated carbocycles. The van der Waals surface area contributed by atoms with Crippen molar-refractivity contribution in [3.63, 3.8) is 0 Å². The van der Waals surface area contributed by atoms with Crippen LogP contribution in [-0.4, -0.2) is 52.4 Å². The van der Waals surface area contributed by atoms with Gasteiger partial charge >= 0.3 is 0 Å². The van der Waals surface area contributed by atoms with E-state index in [9.17, 15) is 4.79 Å². The number of pyridine rings is 1. The lowest BCUT2D eigenvalue weighted by molar-refractivity contribution is 0.0451. The van der Waals surface area contributed by atoms with E-state index in [-0.39, 0.29) is 5.91 Å². The maximum absolute atomic E-state index is 12.7. The molecule has 124 valence electrons.